The highest BCUT2D eigenvalue weighted by Crippen LogP contribution is 2.30. The van der Waals surface area contributed by atoms with Gasteiger partial charge in [0.2, 0.25) is 11.0 Å². The van der Waals surface area contributed by atoms with E-state index in [1.165, 1.54) is 11.3 Å². The monoisotopic (exact) mass is 393 g/mol. The fourth-order valence-electron chi connectivity index (χ4n) is 2.04. The van der Waals surface area contributed by atoms with Gasteiger partial charge in [0, 0.05) is 13.2 Å². The quantitative estimate of drug-likeness (QED) is 0.709. The number of nitrogens with one attached hydrogen (secondary N) is 1. The Morgan fingerprint density at radius 1 is 1.16 bits per heavy atom. The fraction of sp³-hybridized carbons (Fsp3) is 0.125. The molecule has 0 saturated heterocycles. The number of hydrogen-bond donors (Lipinski definition) is 1. The van der Waals surface area contributed by atoms with Crippen LogP contribution < -0.4 is 10.2 Å². The molecule has 0 unspecified atom stereocenters. The Labute approximate surface area is 158 Å². The minimum atomic E-state index is -0.257. The summed E-state index contributed by atoms with van der Waals surface area (Å²) in [5, 5.41) is 13.0. The van der Waals surface area contributed by atoms with E-state index in [0.717, 1.165) is 5.69 Å². The summed E-state index contributed by atoms with van der Waals surface area (Å²) >= 11 is 13.5. The average molecular weight is 394 g/mol. The predicted molar refractivity (Wildman–Crippen MR) is 102 cm³/mol. The van der Waals surface area contributed by atoms with E-state index < -0.39 is 0 Å². The Balaban J connectivity index is 1.67. The average Bonchev–Trinajstić information content (AvgIpc) is 3.09. The fourth-order valence-corrected chi connectivity index (χ4v) is 3.32. The van der Waals surface area contributed by atoms with Crippen molar-refractivity contribution in [1.29, 1.82) is 0 Å². The second-order valence-electron chi connectivity index (χ2n) is 5.11. The SMILES string of the molecule is CN(CC(=O)Nc1c(Cl)cccc1Cl)c1nnc(-c2ccccn2)s1. The molecule has 0 aliphatic heterocycles. The summed E-state index contributed by atoms with van der Waals surface area (Å²) in [6.45, 7) is 0.0817. The number of benzene rings is 1. The van der Waals surface area contributed by atoms with E-state index in [2.05, 4.69) is 20.5 Å². The van der Waals surface area contributed by atoms with Crippen molar-refractivity contribution in [2.24, 2.45) is 0 Å². The van der Waals surface area contributed by atoms with Gasteiger partial charge in [-0.1, -0.05) is 46.7 Å². The van der Waals surface area contributed by atoms with Gasteiger partial charge in [-0.25, -0.2) is 0 Å². The number of halogens is 2. The molecule has 25 heavy (non-hydrogen) atoms. The minimum absolute atomic E-state index is 0.0817. The molecule has 0 saturated carbocycles. The van der Waals surface area contributed by atoms with Crippen LogP contribution in [0, 0.1) is 0 Å². The molecule has 0 spiro atoms. The summed E-state index contributed by atoms with van der Waals surface area (Å²) in [5.41, 5.74) is 1.14. The molecule has 0 aliphatic carbocycles. The first-order valence-corrected chi connectivity index (χ1v) is 8.82. The number of anilines is 2. The van der Waals surface area contributed by atoms with Crippen molar-refractivity contribution in [3.05, 3.63) is 52.6 Å². The van der Waals surface area contributed by atoms with Crippen molar-refractivity contribution in [3.63, 3.8) is 0 Å². The highest BCUT2D eigenvalue weighted by Gasteiger charge is 2.15. The van der Waals surface area contributed by atoms with Crippen LogP contribution in [0.1, 0.15) is 0 Å². The number of para-hydroxylation sites is 1. The van der Waals surface area contributed by atoms with Crippen molar-refractivity contribution >= 4 is 51.3 Å². The van der Waals surface area contributed by atoms with Gasteiger partial charge in [-0.15, -0.1) is 10.2 Å². The lowest BCUT2D eigenvalue weighted by molar-refractivity contribution is -0.114. The van der Waals surface area contributed by atoms with Gasteiger partial charge in [0.25, 0.3) is 0 Å². The van der Waals surface area contributed by atoms with Crippen LogP contribution in [0.25, 0.3) is 10.7 Å². The minimum Gasteiger partial charge on any atom is -0.340 e. The van der Waals surface area contributed by atoms with Crippen molar-refractivity contribution in [2.75, 3.05) is 23.8 Å². The van der Waals surface area contributed by atoms with Crippen LogP contribution in [-0.2, 0) is 4.79 Å². The van der Waals surface area contributed by atoms with Crippen LogP contribution in [-0.4, -0.2) is 34.7 Å². The topological polar surface area (TPSA) is 71.0 Å². The van der Waals surface area contributed by atoms with E-state index in [1.54, 1.807) is 36.3 Å². The third-order valence-corrected chi connectivity index (χ3v) is 4.92. The molecule has 2 aromatic heterocycles. The first kappa shape index (κ1) is 17.6. The van der Waals surface area contributed by atoms with Gasteiger partial charge in [0.1, 0.15) is 5.69 Å². The van der Waals surface area contributed by atoms with Crippen LogP contribution in [0.2, 0.25) is 10.0 Å². The van der Waals surface area contributed by atoms with E-state index in [9.17, 15) is 4.79 Å². The van der Waals surface area contributed by atoms with E-state index >= 15 is 0 Å². The maximum absolute atomic E-state index is 12.3. The third kappa shape index (κ3) is 4.25. The highest BCUT2D eigenvalue weighted by atomic mass is 35.5. The molecule has 128 valence electrons. The van der Waals surface area contributed by atoms with Crippen LogP contribution in [0.4, 0.5) is 10.8 Å². The van der Waals surface area contributed by atoms with E-state index in [4.69, 9.17) is 23.2 Å². The van der Waals surface area contributed by atoms with Crippen molar-refractivity contribution in [1.82, 2.24) is 15.2 Å². The van der Waals surface area contributed by atoms with Gasteiger partial charge in [0.15, 0.2) is 5.01 Å². The zero-order valence-electron chi connectivity index (χ0n) is 13.1. The summed E-state index contributed by atoms with van der Waals surface area (Å²) < 4.78 is 0. The van der Waals surface area contributed by atoms with E-state index in [-0.39, 0.29) is 12.5 Å². The molecule has 3 rings (SSSR count). The Kier molecular flexibility index (Phi) is 5.47. The molecule has 0 atom stereocenters. The number of likely N-dealkylation sites (N-methyl/N-ethyl adjacent to an activating group) is 1. The van der Waals surface area contributed by atoms with Crippen LogP contribution in [0.3, 0.4) is 0 Å². The number of carbonyl (C=O) groups excluding carboxylic acids is 1. The standard InChI is InChI=1S/C16H13Cl2N5OS/c1-23(9-13(24)20-14-10(17)5-4-6-11(14)18)16-22-21-15(25-16)12-7-2-3-8-19-12/h2-8H,9H2,1H3,(H,20,24). The number of rotatable bonds is 5. The van der Waals surface area contributed by atoms with Gasteiger partial charge in [-0.2, -0.15) is 0 Å². The summed E-state index contributed by atoms with van der Waals surface area (Å²) in [6.07, 6.45) is 1.70. The lowest BCUT2D eigenvalue weighted by Crippen LogP contribution is -2.30. The second-order valence-corrected chi connectivity index (χ2v) is 6.88. The largest absolute Gasteiger partial charge is 0.340 e. The predicted octanol–water partition coefficient (Wildman–Crippen LogP) is 3.98. The molecule has 9 heteroatoms. The number of aromatic nitrogens is 3. The maximum Gasteiger partial charge on any atom is 0.244 e. The molecule has 1 aromatic carbocycles. The van der Waals surface area contributed by atoms with Gasteiger partial charge in [-0.05, 0) is 24.3 Å². The molecule has 0 bridgehead atoms. The summed E-state index contributed by atoms with van der Waals surface area (Å²) in [5.74, 6) is -0.257. The molecule has 0 fully saturated rings. The van der Waals surface area contributed by atoms with Gasteiger partial charge in [-0.3, -0.25) is 9.78 Å². The van der Waals surface area contributed by atoms with E-state index in [1.807, 2.05) is 18.2 Å². The number of nitrogens with zero attached hydrogens (tertiary/aromatic N) is 4. The summed E-state index contributed by atoms with van der Waals surface area (Å²) in [7, 11) is 1.76. The Hall–Kier alpha value is -2.22. The molecule has 0 aliphatic rings. The normalized spacial score (nSPS) is 10.5. The Morgan fingerprint density at radius 2 is 1.92 bits per heavy atom. The second kappa shape index (κ2) is 7.77. The molecular formula is C16H13Cl2N5OS. The lowest BCUT2D eigenvalue weighted by atomic mass is 10.3. The summed E-state index contributed by atoms with van der Waals surface area (Å²) in [6, 6.07) is 10.6. The number of amides is 1. The number of pyridine rings is 1. The Morgan fingerprint density at radius 3 is 2.60 bits per heavy atom. The van der Waals surface area contributed by atoms with Gasteiger partial charge < -0.3 is 10.2 Å². The zero-order chi connectivity index (χ0) is 17.8. The molecule has 1 amide bonds. The number of hydrogen-bond acceptors (Lipinski definition) is 6. The molecule has 6 nitrogen and oxygen atoms in total. The molecular weight excluding hydrogens is 381 g/mol. The summed E-state index contributed by atoms with van der Waals surface area (Å²) in [4.78, 5) is 18.2. The Bertz CT molecular complexity index is 867. The van der Waals surface area contributed by atoms with Crippen LogP contribution in [0.15, 0.2) is 42.6 Å². The van der Waals surface area contributed by atoms with Gasteiger partial charge >= 0.3 is 0 Å². The smallest absolute Gasteiger partial charge is 0.244 e. The van der Waals surface area contributed by atoms with Crippen LogP contribution in [0.5, 0.6) is 0 Å². The van der Waals surface area contributed by atoms with Gasteiger partial charge in [0.05, 0.1) is 22.3 Å². The number of carbonyl (C=O) groups is 1. The zero-order valence-corrected chi connectivity index (χ0v) is 15.4. The first-order valence-electron chi connectivity index (χ1n) is 7.24. The molecule has 1 N–H and O–H groups in total. The highest BCUT2D eigenvalue weighted by molar-refractivity contribution is 7.18. The maximum atomic E-state index is 12.3. The molecule has 2 heterocycles. The van der Waals surface area contributed by atoms with Crippen molar-refractivity contribution in [3.8, 4) is 10.7 Å². The first-order chi connectivity index (χ1) is 12.0. The van der Waals surface area contributed by atoms with Crippen LogP contribution >= 0.6 is 34.5 Å². The van der Waals surface area contributed by atoms with Crippen molar-refractivity contribution in [2.45, 2.75) is 0 Å². The van der Waals surface area contributed by atoms with Crippen molar-refractivity contribution < 1.29 is 4.79 Å². The lowest BCUT2D eigenvalue weighted by Gasteiger charge is -2.15. The molecule has 3 aromatic rings. The van der Waals surface area contributed by atoms with E-state index in [0.29, 0.717) is 25.9 Å². The third-order valence-electron chi connectivity index (χ3n) is 3.23. The molecule has 0 radical (unpaired) electrons.